The summed E-state index contributed by atoms with van der Waals surface area (Å²) in [4.78, 5) is 22.9. The van der Waals surface area contributed by atoms with Crippen molar-refractivity contribution in [3.8, 4) is 0 Å². The Labute approximate surface area is 94.0 Å². The van der Waals surface area contributed by atoms with Gasteiger partial charge in [0, 0.05) is 0 Å². The minimum Gasteiger partial charge on any atom is -0.461 e. The van der Waals surface area contributed by atoms with Gasteiger partial charge in [-0.2, -0.15) is 0 Å². The van der Waals surface area contributed by atoms with Crippen molar-refractivity contribution >= 4 is 11.7 Å². The van der Waals surface area contributed by atoms with Gasteiger partial charge in [0.2, 0.25) is 11.7 Å². The summed E-state index contributed by atoms with van der Waals surface area (Å²) < 4.78 is 4.90. The number of hydrogen-bond acceptors (Lipinski definition) is 4. The van der Waals surface area contributed by atoms with E-state index < -0.39 is 6.04 Å². The molecule has 1 aromatic rings. The Balaban J connectivity index is 2.41. The summed E-state index contributed by atoms with van der Waals surface area (Å²) in [5.74, 6) is -0.318. The predicted molar refractivity (Wildman–Crippen MR) is 58.9 cm³/mol. The average Bonchev–Trinajstić information content (AvgIpc) is 2.77. The van der Waals surface area contributed by atoms with Gasteiger partial charge in [0.1, 0.15) is 0 Å². The maximum Gasteiger partial charge on any atom is 0.237 e. The molecule has 1 rings (SSSR count). The average molecular weight is 224 g/mol. The van der Waals surface area contributed by atoms with Gasteiger partial charge in [-0.3, -0.25) is 9.59 Å². The Hall–Kier alpha value is -1.62. The first-order valence-corrected chi connectivity index (χ1v) is 5.12. The number of carbonyl (C=O) groups excluding carboxylic acids is 2. The molecule has 5 nitrogen and oxygen atoms in total. The van der Waals surface area contributed by atoms with E-state index in [9.17, 15) is 9.59 Å². The van der Waals surface area contributed by atoms with Gasteiger partial charge in [0.05, 0.1) is 18.8 Å². The number of furan rings is 1. The van der Waals surface area contributed by atoms with Gasteiger partial charge in [0.15, 0.2) is 5.76 Å². The van der Waals surface area contributed by atoms with E-state index in [1.807, 2.05) is 13.8 Å². The summed E-state index contributed by atoms with van der Waals surface area (Å²) >= 11 is 0. The van der Waals surface area contributed by atoms with Gasteiger partial charge in [-0.15, -0.1) is 0 Å². The topological polar surface area (TPSA) is 85.3 Å². The lowest BCUT2D eigenvalue weighted by Crippen LogP contribution is -2.45. The zero-order valence-electron chi connectivity index (χ0n) is 9.40. The fourth-order valence-corrected chi connectivity index (χ4v) is 1.11. The van der Waals surface area contributed by atoms with Crippen molar-refractivity contribution in [2.45, 2.75) is 19.9 Å². The number of rotatable bonds is 5. The van der Waals surface area contributed by atoms with Crippen LogP contribution in [-0.4, -0.2) is 24.3 Å². The second kappa shape index (κ2) is 5.46. The van der Waals surface area contributed by atoms with Crippen molar-refractivity contribution in [3.63, 3.8) is 0 Å². The molecular weight excluding hydrogens is 208 g/mol. The van der Waals surface area contributed by atoms with Gasteiger partial charge in [0.25, 0.3) is 0 Å². The highest BCUT2D eigenvalue weighted by Crippen LogP contribution is 2.01. The van der Waals surface area contributed by atoms with Crippen molar-refractivity contribution in [1.82, 2.24) is 5.32 Å². The Morgan fingerprint density at radius 2 is 2.19 bits per heavy atom. The highest BCUT2D eigenvalue weighted by molar-refractivity contribution is 5.97. The Kier molecular flexibility index (Phi) is 4.25. The summed E-state index contributed by atoms with van der Waals surface area (Å²) in [6.07, 6.45) is 1.41. The van der Waals surface area contributed by atoms with Crippen LogP contribution in [0.1, 0.15) is 24.4 Å². The molecule has 0 aliphatic rings. The molecule has 0 unspecified atom stereocenters. The van der Waals surface area contributed by atoms with Crippen molar-refractivity contribution in [2.24, 2.45) is 11.7 Å². The largest absolute Gasteiger partial charge is 0.461 e. The van der Waals surface area contributed by atoms with Crippen LogP contribution in [0.25, 0.3) is 0 Å². The Bertz CT molecular complexity index is 357. The van der Waals surface area contributed by atoms with Crippen LogP contribution in [0.2, 0.25) is 0 Å². The summed E-state index contributed by atoms with van der Waals surface area (Å²) in [5, 5.41) is 2.48. The minimum atomic E-state index is -0.593. The SMILES string of the molecule is CC(C)[C@H](N)C(=O)NCC(=O)c1ccco1. The van der Waals surface area contributed by atoms with E-state index in [2.05, 4.69) is 5.32 Å². The molecule has 0 saturated carbocycles. The van der Waals surface area contributed by atoms with Crippen LogP contribution in [0.5, 0.6) is 0 Å². The molecule has 0 radical (unpaired) electrons. The lowest BCUT2D eigenvalue weighted by Gasteiger charge is -2.14. The molecule has 0 aromatic carbocycles. The fraction of sp³-hybridized carbons (Fsp3) is 0.455. The second-order valence-corrected chi connectivity index (χ2v) is 3.89. The maximum absolute atomic E-state index is 11.5. The van der Waals surface area contributed by atoms with Gasteiger partial charge >= 0.3 is 0 Å². The molecule has 3 N–H and O–H groups in total. The van der Waals surface area contributed by atoms with Crippen LogP contribution in [-0.2, 0) is 4.79 Å². The van der Waals surface area contributed by atoms with Crippen LogP contribution in [0.3, 0.4) is 0 Å². The first kappa shape index (κ1) is 12.4. The molecule has 88 valence electrons. The highest BCUT2D eigenvalue weighted by atomic mass is 16.3. The standard InChI is InChI=1S/C11H16N2O3/c1-7(2)10(12)11(15)13-6-8(14)9-4-3-5-16-9/h3-5,7,10H,6,12H2,1-2H3,(H,13,15)/t10-/m0/s1. The van der Waals surface area contributed by atoms with Gasteiger partial charge in [-0.25, -0.2) is 0 Å². The molecule has 0 spiro atoms. The van der Waals surface area contributed by atoms with Gasteiger partial charge in [-0.05, 0) is 18.1 Å². The molecule has 0 saturated heterocycles. The lowest BCUT2D eigenvalue weighted by molar-refractivity contribution is -0.123. The summed E-state index contributed by atoms with van der Waals surface area (Å²) in [6, 6.07) is 2.58. The predicted octanol–water partition coefficient (Wildman–Crippen LogP) is 0.562. The second-order valence-electron chi connectivity index (χ2n) is 3.89. The zero-order valence-corrected chi connectivity index (χ0v) is 9.40. The van der Waals surface area contributed by atoms with E-state index in [4.69, 9.17) is 10.2 Å². The van der Waals surface area contributed by atoms with Crippen molar-refractivity contribution in [3.05, 3.63) is 24.2 Å². The van der Waals surface area contributed by atoms with Crippen LogP contribution in [0.15, 0.2) is 22.8 Å². The number of nitrogens with two attached hydrogens (primary N) is 1. The van der Waals surface area contributed by atoms with Crippen LogP contribution in [0, 0.1) is 5.92 Å². The molecule has 16 heavy (non-hydrogen) atoms. The van der Waals surface area contributed by atoms with Gasteiger partial charge < -0.3 is 15.5 Å². The van der Waals surface area contributed by atoms with Crippen LogP contribution < -0.4 is 11.1 Å². The Morgan fingerprint density at radius 1 is 1.50 bits per heavy atom. The first-order valence-electron chi connectivity index (χ1n) is 5.12. The molecule has 1 heterocycles. The third kappa shape index (κ3) is 3.20. The quantitative estimate of drug-likeness (QED) is 0.716. The van der Waals surface area contributed by atoms with Crippen LogP contribution >= 0.6 is 0 Å². The van der Waals surface area contributed by atoms with E-state index in [1.54, 1.807) is 12.1 Å². The van der Waals surface area contributed by atoms with Crippen molar-refractivity contribution < 1.29 is 14.0 Å². The maximum atomic E-state index is 11.5. The number of ketones is 1. The van der Waals surface area contributed by atoms with Crippen molar-refractivity contribution in [1.29, 1.82) is 0 Å². The molecule has 5 heteroatoms. The van der Waals surface area contributed by atoms with E-state index >= 15 is 0 Å². The molecule has 1 atom stereocenters. The lowest BCUT2D eigenvalue weighted by atomic mass is 10.1. The number of nitrogens with one attached hydrogen (secondary N) is 1. The van der Waals surface area contributed by atoms with Gasteiger partial charge in [-0.1, -0.05) is 13.8 Å². The molecule has 0 aliphatic carbocycles. The summed E-state index contributed by atoms with van der Waals surface area (Å²) in [7, 11) is 0. The highest BCUT2D eigenvalue weighted by Gasteiger charge is 2.18. The minimum absolute atomic E-state index is 0.0405. The third-order valence-corrected chi connectivity index (χ3v) is 2.24. The zero-order chi connectivity index (χ0) is 12.1. The summed E-state index contributed by atoms with van der Waals surface area (Å²) in [6.45, 7) is 3.60. The molecule has 0 aliphatic heterocycles. The smallest absolute Gasteiger partial charge is 0.237 e. The number of carbonyl (C=O) groups is 2. The molecule has 1 amide bonds. The first-order chi connectivity index (χ1) is 7.52. The van der Waals surface area contributed by atoms with Crippen LogP contribution in [0.4, 0.5) is 0 Å². The molecular formula is C11H16N2O3. The number of hydrogen-bond donors (Lipinski definition) is 2. The molecule has 1 aromatic heterocycles. The van der Waals surface area contributed by atoms with E-state index in [-0.39, 0.29) is 29.9 Å². The number of Topliss-reactive ketones (excluding diaryl/α,β-unsaturated/α-hetero) is 1. The van der Waals surface area contributed by atoms with E-state index in [0.717, 1.165) is 0 Å². The van der Waals surface area contributed by atoms with Crippen molar-refractivity contribution in [2.75, 3.05) is 6.54 Å². The fourth-order valence-electron chi connectivity index (χ4n) is 1.11. The van der Waals surface area contributed by atoms with E-state index in [1.165, 1.54) is 6.26 Å². The van der Waals surface area contributed by atoms with E-state index in [0.29, 0.717) is 0 Å². The third-order valence-electron chi connectivity index (χ3n) is 2.24. The normalized spacial score (nSPS) is 12.5. The summed E-state index contributed by atoms with van der Waals surface area (Å²) in [5.41, 5.74) is 5.62. The number of amides is 1. The molecule has 0 bridgehead atoms. The Morgan fingerprint density at radius 3 is 2.69 bits per heavy atom. The molecule has 0 fully saturated rings. The monoisotopic (exact) mass is 224 g/mol.